The van der Waals surface area contributed by atoms with Gasteiger partial charge < -0.3 is 9.84 Å². The zero-order valence-corrected chi connectivity index (χ0v) is 9.53. The van der Waals surface area contributed by atoms with Crippen molar-refractivity contribution >= 4 is 5.69 Å². The molecule has 1 aromatic carbocycles. The molecule has 0 fully saturated rings. The minimum atomic E-state index is -0.569. The summed E-state index contributed by atoms with van der Waals surface area (Å²) < 4.78 is 5.37. The Morgan fingerprint density at radius 3 is 2.83 bits per heavy atom. The van der Waals surface area contributed by atoms with Crippen molar-refractivity contribution in [1.82, 2.24) is 4.98 Å². The molecule has 0 aliphatic carbocycles. The van der Waals surface area contributed by atoms with Crippen molar-refractivity contribution < 1.29 is 14.8 Å². The maximum absolute atomic E-state index is 10.8. The van der Waals surface area contributed by atoms with Crippen LogP contribution < -0.4 is 4.74 Å². The van der Waals surface area contributed by atoms with E-state index in [9.17, 15) is 15.2 Å². The van der Waals surface area contributed by atoms with E-state index in [2.05, 4.69) is 4.98 Å². The molecule has 92 valence electrons. The van der Waals surface area contributed by atoms with Crippen molar-refractivity contribution in [3.63, 3.8) is 0 Å². The molecule has 0 aliphatic rings. The third-order valence-electron chi connectivity index (χ3n) is 2.41. The van der Waals surface area contributed by atoms with Crippen molar-refractivity contribution in [2.24, 2.45) is 0 Å². The Morgan fingerprint density at radius 2 is 2.11 bits per heavy atom. The minimum Gasteiger partial charge on any atom is -0.508 e. The Kier molecular flexibility index (Phi) is 3.09. The van der Waals surface area contributed by atoms with Gasteiger partial charge in [-0.25, -0.2) is 4.98 Å². The molecule has 0 saturated heterocycles. The number of nitro groups is 1. The van der Waals surface area contributed by atoms with E-state index in [0.29, 0.717) is 11.3 Å². The van der Waals surface area contributed by atoms with E-state index in [1.165, 1.54) is 24.4 Å². The number of benzene rings is 1. The van der Waals surface area contributed by atoms with Gasteiger partial charge in [-0.2, -0.15) is 0 Å². The minimum absolute atomic E-state index is 0.0612. The summed E-state index contributed by atoms with van der Waals surface area (Å²) in [5, 5.41) is 20.3. The van der Waals surface area contributed by atoms with Gasteiger partial charge >= 0.3 is 5.69 Å². The van der Waals surface area contributed by atoms with Crippen molar-refractivity contribution in [3.05, 3.63) is 52.2 Å². The first-order valence-corrected chi connectivity index (χ1v) is 5.15. The highest BCUT2D eigenvalue weighted by Crippen LogP contribution is 2.33. The summed E-state index contributed by atoms with van der Waals surface area (Å²) in [7, 11) is 0. The Hall–Kier alpha value is -2.63. The lowest BCUT2D eigenvalue weighted by Gasteiger charge is -2.08. The summed E-state index contributed by atoms with van der Waals surface area (Å²) in [6.07, 6.45) is 1.40. The fourth-order valence-corrected chi connectivity index (χ4v) is 1.42. The number of aromatic nitrogens is 1. The van der Waals surface area contributed by atoms with Crippen LogP contribution >= 0.6 is 0 Å². The zero-order chi connectivity index (χ0) is 13.1. The van der Waals surface area contributed by atoms with Gasteiger partial charge in [0.1, 0.15) is 11.5 Å². The lowest BCUT2D eigenvalue weighted by Crippen LogP contribution is -1.96. The summed E-state index contributed by atoms with van der Waals surface area (Å²) in [5.41, 5.74) is 0.276. The highest BCUT2D eigenvalue weighted by atomic mass is 16.6. The molecule has 0 aliphatic heterocycles. The van der Waals surface area contributed by atoms with Gasteiger partial charge in [-0.05, 0) is 25.1 Å². The van der Waals surface area contributed by atoms with Gasteiger partial charge in [0.05, 0.1) is 4.92 Å². The summed E-state index contributed by atoms with van der Waals surface area (Å²) >= 11 is 0. The highest BCUT2D eigenvalue weighted by molar-refractivity contribution is 5.47. The van der Waals surface area contributed by atoms with Gasteiger partial charge in [0.2, 0.25) is 0 Å². The second-order valence-corrected chi connectivity index (χ2v) is 3.59. The van der Waals surface area contributed by atoms with Gasteiger partial charge in [0.25, 0.3) is 5.88 Å². The Bertz CT molecular complexity index is 598. The third-order valence-corrected chi connectivity index (χ3v) is 2.41. The van der Waals surface area contributed by atoms with Crippen molar-refractivity contribution in [1.29, 1.82) is 0 Å². The average Bonchev–Trinajstić information content (AvgIpc) is 2.35. The monoisotopic (exact) mass is 246 g/mol. The number of hydrogen-bond donors (Lipinski definition) is 1. The first kappa shape index (κ1) is 11.8. The zero-order valence-electron chi connectivity index (χ0n) is 9.53. The molecule has 6 heteroatoms. The summed E-state index contributed by atoms with van der Waals surface area (Å²) in [6.45, 7) is 1.65. The number of phenols is 1. The molecule has 1 N–H and O–H groups in total. The van der Waals surface area contributed by atoms with Crippen LogP contribution in [0.5, 0.6) is 17.4 Å². The number of hydrogen-bond acceptors (Lipinski definition) is 5. The maximum Gasteiger partial charge on any atom is 0.331 e. The van der Waals surface area contributed by atoms with Crippen LogP contribution in [0.2, 0.25) is 0 Å². The Balaban J connectivity index is 2.40. The van der Waals surface area contributed by atoms with E-state index < -0.39 is 4.92 Å². The summed E-state index contributed by atoms with van der Waals surface area (Å²) in [5.74, 6) is 0.291. The molecule has 0 amide bonds. The predicted molar refractivity (Wildman–Crippen MR) is 63.8 cm³/mol. The molecule has 0 radical (unpaired) electrons. The topological polar surface area (TPSA) is 85.5 Å². The fraction of sp³-hybridized carbons (Fsp3) is 0.0833. The second kappa shape index (κ2) is 4.70. The summed E-state index contributed by atoms with van der Waals surface area (Å²) in [6, 6.07) is 7.47. The van der Waals surface area contributed by atoms with Gasteiger partial charge in [0, 0.05) is 17.8 Å². The molecule has 2 aromatic rings. The van der Waals surface area contributed by atoms with Crippen molar-refractivity contribution in [3.8, 4) is 17.4 Å². The average molecular weight is 246 g/mol. The van der Waals surface area contributed by atoms with E-state index in [4.69, 9.17) is 4.74 Å². The molecule has 0 atom stereocenters. The molecule has 1 heterocycles. The van der Waals surface area contributed by atoms with E-state index >= 15 is 0 Å². The van der Waals surface area contributed by atoms with Gasteiger partial charge in [-0.3, -0.25) is 10.1 Å². The van der Waals surface area contributed by atoms with Crippen LogP contribution in [0.25, 0.3) is 0 Å². The van der Waals surface area contributed by atoms with Crippen LogP contribution in [0, 0.1) is 17.0 Å². The highest BCUT2D eigenvalue weighted by Gasteiger charge is 2.17. The standard InChI is InChI=1S/C12H10N2O4/c1-8-10(15)5-2-6-11(8)18-12-9(14(16)17)4-3-7-13-12/h2-7,15H,1H3. The van der Waals surface area contributed by atoms with Crippen LogP contribution in [-0.2, 0) is 0 Å². The number of phenolic OH excluding ortho intramolecular Hbond substituents is 1. The predicted octanol–water partition coefficient (Wildman–Crippen LogP) is 2.80. The second-order valence-electron chi connectivity index (χ2n) is 3.59. The molecule has 0 unspecified atom stereocenters. The first-order chi connectivity index (χ1) is 8.59. The molecular weight excluding hydrogens is 236 g/mol. The Morgan fingerprint density at radius 1 is 1.33 bits per heavy atom. The lowest BCUT2D eigenvalue weighted by molar-refractivity contribution is -0.386. The van der Waals surface area contributed by atoms with E-state index in [1.54, 1.807) is 19.1 Å². The first-order valence-electron chi connectivity index (χ1n) is 5.15. The third kappa shape index (κ3) is 2.22. The number of aromatic hydroxyl groups is 1. The van der Waals surface area contributed by atoms with E-state index in [-0.39, 0.29) is 17.3 Å². The van der Waals surface area contributed by atoms with E-state index in [0.717, 1.165) is 0 Å². The van der Waals surface area contributed by atoms with Gasteiger partial charge in [-0.15, -0.1) is 0 Å². The number of nitrogens with zero attached hydrogens (tertiary/aromatic N) is 2. The van der Waals surface area contributed by atoms with Crippen molar-refractivity contribution in [2.75, 3.05) is 0 Å². The molecule has 0 spiro atoms. The molecular formula is C12H10N2O4. The maximum atomic E-state index is 10.8. The normalized spacial score (nSPS) is 10.1. The summed E-state index contributed by atoms with van der Waals surface area (Å²) in [4.78, 5) is 14.1. The largest absolute Gasteiger partial charge is 0.508 e. The van der Waals surface area contributed by atoms with Crippen LogP contribution in [0.15, 0.2) is 36.5 Å². The van der Waals surface area contributed by atoms with E-state index in [1.807, 2.05) is 0 Å². The Labute approximate surface area is 103 Å². The fourth-order valence-electron chi connectivity index (χ4n) is 1.42. The molecule has 1 aromatic heterocycles. The number of ether oxygens (including phenoxy) is 1. The molecule has 0 bridgehead atoms. The number of rotatable bonds is 3. The van der Waals surface area contributed by atoms with Crippen molar-refractivity contribution in [2.45, 2.75) is 6.92 Å². The van der Waals surface area contributed by atoms with Crippen LogP contribution in [0.1, 0.15) is 5.56 Å². The van der Waals surface area contributed by atoms with Gasteiger partial charge in [0.15, 0.2) is 0 Å². The lowest BCUT2D eigenvalue weighted by atomic mass is 10.2. The molecule has 2 rings (SSSR count). The van der Waals surface area contributed by atoms with Crippen LogP contribution in [0.3, 0.4) is 0 Å². The van der Waals surface area contributed by atoms with Crippen LogP contribution in [-0.4, -0.2) is 15.0 Å². The molecule has 0 saturated carbocycles. The van der Waals surface area contributed by atoms with Crippen LogP contribution in [0.4, 0.5) is 5.69 Å². The molecule has 18 heavy (non-hydrogen) atoms. The number of pyridine rings is 1. The van der Waals surface area contributed by atoms with Gasteiger partial charge in [-0.1, -0.05) is 6.07 Å². The smallest absolute Gasteiger partial charge is 0.331 e. The molecule has 6 nitrogen and oxygen atoms in total. The SMILES string of the molecule is Cc1c(O)cccc1Oc1ncccc1[N+](=O)[O-]. The quantitative estimate of drug-likeness (QED) is 0.664.